The van der Waals surface area contributed by atoms with Gasteiger partial charge in [-0.2, -0.15) is 18.4 Å². The molecule has 0 aliphatic carbocycles. The largest absolute Gasteiger partial charge is 0.418 e. The zero-order chi connectivity index (χ0) is 14.0. The van der Waals surface area contributed by atoms with Crippen LogP contribution in [0.1, 0.15) is 11.1 Å². The second-order valence-corrected chi connectivity index (χ2v) is 4.60. The molecule has 1 aliphatic rings. The van der Waals surface area contributed by atoms with Gasteiger partial charge in [0.25, 0.3) is 0 Å². The first-order chi connectivity index (χ1) is 8.93. The number of alkyl halides is 3. The van der Waals surface area contributed by atoms with E-state index in [1.807, 2.05) is 13.1 Å². The first kappa shape index (κ1) is 13.7. The Balaban J connectivity index is 2.45. The topological polar surface area (TPSA) is 30.3 Å². The van der Waals surface area contributed by atoms with Crippen LogP contribution in [0.2, 0.25) is 0 Å². The quantitative estimate of drug-likeness (QED) is 0.784. The minimum atomic E-state index is -4.44. The van der Waals surface area contributed by atoms with Crippen molar-refractivity contribution < 1.29 is 13.2 Å². The monoisotopic (exact) mass is 269 g/mol. The summed E-state index contributed by atoms with van der Waals surface area (Å²) < 4.78 is 39.1. The summed E-state index contributed by atoms with van der Waals surface area (Å²) in [6, 6.07) is 5.61. The number of nitrogens with zero attached hydrogens (tertiary/aromatic N) is 3. The Morgan fingerprint density at radius 1 is 1.16 bits per heavy atom. The highest BCUT2D eigenvalue weighted by molar-refractivity contribution is 5.65. The Hall–Kier alpha value is -1.74. The molecule has 2 rings (SSSR count). The van der Waals surface area contributed by atoms with Gasteiger partial charge in [0.05, 0.1) is 16.8 Å². The highest BCUT2D eigenvalue weighted by Gasteiger charge is 2.36. The van der Waals surface area contributed by atoms with Gasteiger partial charge in [0, 0.05) is 26.2 Å². The van der Waals surface area contributed by atoms with Crippen molar-refractivity contribution >= 4 is 5.69 Å². The zero-order valence-electron chi connectivity index (χ0n) is 10.5. The van der Waals surface area contributed by atoms with E-state index in [0.717, 1.165) is 6.07 Å². The number of halogens is 3. The molecule has 6 heteroatoms. The van der Waals surface area contributed by atoms with E-state index in [0.29, 0.717) is 26.2 Å². The maximum Gasteiger partial charge on any atom is 0.418 e. The molecule has 3 nitrogen and oxygen atoms in total. The van der Waals surface area contributed by atoms with Gasteiger partial charge in [-0.15, -0.1) is 0 Å². The van der Waals surface area contributed by atoms with E-state index >= 15 is 0 Å². The molecular formula is C13H14F3N3. The second-order valence-electron chi connectivity index (χ2n) is 4.60. The number of hydrogen-bond donors (Lipinski definition) is 0. The van der Waals surface area contributed by atoms with Gasteiger partial charge in [-0.1, -0.05) is 6.07 Å². The first-order valence-electron chi connectivity index (χ1n) is 5.97. The van der Waals surface area contributed by atoms with Crippen LogP contribution >= 0.6 is 0 Å². The number of likely N-dealkylation sites (N-methyl/N-ethyl adjacent to an activating group) is 1. The van der Waals surface area contributed by atoms with Crippen molar-refractivity contribution in [3.8, 4) is 6.07 Å². The molecule has 102 valence electrons. The number of piperazine rings is 1. The van der Waals surface area contributed by atoms with Crippen molar-refractivity contribution in [2.75, 3.05) is 38.1 Å². The average Bonchev–Trinajstić information content (AvgIpc) is 2.38. The molecule has 0 saturated carbocycles. The minimum absolute atomic E-state index is 0.0191. The molecular weight excluding hydrogens is 255 g/mol. The summed E-state index contributed by atoms with van der Waals surface area (Å²) in [5.41, 5.74) is -0.624. The van der Waals surface area contributed by atoms with E-state index in [1.165, 1.54) is 12.1 Å². The molecule has 0 radical (unpaired) electrons. The van der Waals surface area contributed by atoms with Crippen molar-refractivity contribution in [1.29, 1.82) is 5.26 Å². The molecule has 19 heavy (non-hydrogen) atoms. The second kappa shape index (κ2) is 5.10. The third-order valence-electron chi connectivity index (χ3n) is 3.28. The van der Waals surface area contributed by atoms with Gasteiger partial charge in [-0.05, 0) is 19.2 Å². The number of nitriles is 1. The summed E-state index contributed by atoms with van der Waals surface area (Å²) in [6.07, 6.45) is -4.44. The van der Waals surface area contributed by atoms with Gasteiger partial charge in [0.2, 0.25) is 0 Å². The summed E-state index contributed by atoms with van der Waals surface area (Å²) in [5, 5.41) is 9.04. The smallest absolute Gasteiger partial charge is 0.367 e. The van der Waals surface area contributed by atoms with Crippen LogP contribution in [0.3, 0.4) is 0 Å². The third kappa shape index (κ3) is 2.82. The number of para-hydroxylation sites is 1. The lowest BCUT2D eigenvalue weighted by atomic mass is 10.0. The molecule has 1 aromatic rings. The predicted molar refractivity (Wildman–Crippen MR) is 65.9 cm³/mol. The fourth-order valence-electron chi connectivity index (χ4n) is 2.23. The highest BCUT2D eigenvalue weighted by atomic mass is 19.4. The standard InChI is InChI=1S/C13H14F3N3/c1-18-5-7-19(8-6-18)12-10(9-17)3-2-4-11(12)13(14,15)16/h2-4H,5-8H2,1H3. The van der Waals surface area contributed by atoms with E-state index < -0.39 is 11.7 Å². The number of anilines is 1. The zero-order valence-corrected chi connectivity index (χ0v) is 10.5. The minimum Gasteiger partial charge on any atom is -0.367 e. The van der Waals surface area contributed by atoms with Gasteiger partial charge in [0.1, 0.15) is 6.07 Å². The number of benzene rings is 1. The number of rotatable bonds is 1. The van der Waals surface area contributed by atoms with Gasteiger partial charge >= 0.3 is 6.18 Å². The molecule has 0 spiro atoms. The van der Waals surface area contributed by atoms with Crippen LogP contribution in [0.25, 0.3) is 0 Å². The van der Waals surface area contributed by atoms with E-state index in [2.05, 4.69) is 4.90 Å². The molecule has 0 N–H and O–H groups in total. The summed E-state index contributed by atoms with van der Waals surface area (Å²) in [5.74, 6) is 0. The summed E-state index contributed by atoms with van der Waals surface area (Å²) in [7, 11) is 1.93. The molecule has 1 aliphatic heterocycles. The molecule has 0 bridgehead atoms. The number of hydrogen-bond acceptors (Lipinski definition) is 3. The molecule has 0 unspecified atom stereocenters. The predicted octanol–water partition coefficient (Wildman–Crippen LogP) is 2.33. The Morgan fingerprint density at radius 2 is 1.79 bits per heavy atom. The lowest BCUT2D eigenvalue weighted by Crippen LogP contribution is -2.45. The maximum absolute atomic E-state index is 13.0. The Kier molecular flexibility index (Phi) is 3.67. The van der Waals surface area contributed by atoms with E-state index in [4.69, 9.17) is 5.26 Å². The summed E-state index contributed by atoms with van der Waals surface area (Å²) in [6.45, 7) is 2.38. The van der Waals surface area contributed by atoms with Crippen molar-refractivity contribution in [2.45, 2.75) is 6.18 Å². The van der Waals surface area contributed by atoms with Crippen LogP contribution in [-0.4, -0.2) is 38.1 Å². The van der Waals surface area contributed by atoms with Crippen molar-refractivity contribution in [1.82, 2.24) is 4.90 Å². The summed E-state index contributed by atoms with van der Waals surface area (Å²) >= 11 is 0. The van der Waals surface area contributed by atoms with Crippen LogP contribution in [0.15, 0.2) is 18.2 Å². The van der Waals surface area contributed by atoms with Gasteiger partial charge in [-0.25, -0.2) is 0 Å². The third-order valence-corrected chi connectivity index (χ3v) is 3.28. The van der Waals surface area contributed by atoms with Crippen LogP contribution in [0.4, 0.5) is 18.9 Å². The molecule has 1 aromatic carbocycles. The molecule has 1 saturated heterocycles. The Bertz CT molecular complexity index is 497. The lowest BCUT2D eigenvalue weighted by Gasteiger charge is -2.35. The van der Waals surface area contributed by atoms with E-state index in [1.54, 1.807) is 4.90 Å². The van der Waals surface area contributed by atoms with Crippen LogP contribution in [0, 0.1) is 11.3 Å². The van der Waals surface area contributed by atoms with Crippen molar-refractivity contribution in [3.63, 3.8) is 0 Å². The van der Waals surface area contributed by atoms with Crippen LogP contribution in [0.5, 0.6) is 0 Å². The van der Waals surface area contributed by atoms with Crippen LogP contribution in [-0.2, 0) is 6.18 Å². The van der Waals surface area contributed by atoms with Crippen molar-refractivity contribution in [3.05, 3.63) is 29.3 Å². The Morgan fingerprint density at radius 3 is 2.32 bits per heavy atom. The van der Waals surface area contributed by atoms with Gasteiger partial charge in [-0.3, -0.25) is 0 Å². The molecule has 1 heterocycles. The summed E-state index contributed by atoms with van der Waals surface area (Å²) in [4.78, 5) is 3.71. The van der Waals surface area contributed by atoms with Crippen molar-refractivity contribution in [2.24, 2.45) is 0 Å². The van der Waals surface area contributed by atoms with Gasteiger partial charge < -0.3 is 9.80 Å². The van der Waals surface area contributed by atoms with E-state index in [-0.39, 0.29) is 11.3 Å². The first-order valence-corrected chi connectivity index (χ1v) is 5.97. The van der Waals surface area contributed by atoms with E-state index in [9.17, 15) is 13.2 Å². The van der Waals surface area contributed by atoms with Gasteiger partial charge in [0.15, 0.2) is 0 Å². The highest BCUT2D eigenvalue weighted by Crippen LogP contribution is 2.38. The van der Waals surface area contributed by atoms with Crippen LogP contribution < -0.4 is 4.90 Å². The fraction of sp³-hybridized carbons (Fsp3) is 0.462. The lowest BCUT2D eigenvalue weighted by molar-refractivity contribution is -0.137. The molecule has 1 fully saturated rings. The normalized spacial score (nSPS) is 17.3. The fourth-order valence-corrected chi connectivity index (χ4v) is 2.23. The average molecular weight is 269 g/mol. The maximum atomic E-state index is 13.0. The molecule has 0 amide bonds. The Labute approximate surface area is 109 Å². The SMILES string of the molecule is CN1CCN(c2c(C#N)cccc2C(F)(F)F)CC1. The molecule has 0 atom stereocenters. The molecule has 0 aromatic heterocycles.